The van der Waals surface area contributed by atoms with Gasteiger partial charge in [-0.2, -0.15) is 13.1 Å². The van der Waals surface area contributed by atoms with Gasteiger partial charge < -0.3 is 5.73 Å². The Labute approximate surface area is 89.1 Å². The van der Waals surface area contributed by atoms with Crippen LogP contribution in [0.3, 0.4) is 0 Å². The molecule has 0 saturated carbocycles. The van der Waals surface area contributed by atoms with E-state index in [0.29, 0.717) is 17.8 Å². The fourth-order valence-corrected chi connectivity index (χ4v) is 1.98. The Balaban J connectivity index is 2.90. The van der Waals surface area contributed by atoms with E-state index in [4.69, 9.17) is 5.73 Å². The minimum atomic E-state index is -3.52. The van der Waals surface area contributed by atoms with Crippen LogP contribution < -0.4 is 15.2 Å². The summed E-state index contributed by atoms with van der Waals surface area (Å²) < 4.78 is 27.3. The second kappa shape index (κ2) is 4.45. The van der Waals surface area contributed by atoms with Gasteiger partial charge in [0.15, 0.2) is 0 Å². The number of hydrogen-bond donors (Lipinski definition) is 3. The van der Waals surface area contributed by atoms with Crippen LogP contribution in [0.25, 0.3) is 0 Å². The molecule has 0 unspecified atom stereocenters. The fraction of sp³-hybridized carbons (Fsp3) is 0.375. The zero-order valence-electron chi connectivity index (χ0n) is 8.61. The van der Waals surface area contributed by atoms with Crippen LogP contribution >= 0.6 is 0 Å². The number of nitrogen functional groups attached to an aromatic ring is 1. The summed E-state index contributed by atoms with van der Waals surface area (Å²) in [7, 11) is -3.52. The van der Waals surface area contributed by atoms with Crippen molar-refractivity contribution in [2.45, 2.75) is 13.8 Å². The van der Waals surface area contributed by atoms with Crippen LogP contribution in [0.15, 0.2) is 12.3 Å². The van der Waals surface area contributed by atoms with Crippen molar-refractivity contribution in [2.24, 2.45) is 0 Å². The molecule has 0 aliphatic rings. The van der Waals surface area contributed by atoms with Crippen molar-refractivity contribution in [3.05, 3.63) is 17.8 Å². The highest BCUT2D eigenvalue weighted by molar-refractivity contribution is 7.90. The van der Waals surface area contributed by atoms with E-state index in [1.165, 1.54) is 6.20 Å². The molecule has 15 heavy (non-hydrogen) atoms. The molecule has 0 radical (unpaired) electrons. The highest BCUT2D eigenvalue weighted by Crippen LogP contribution is 2.14. The normalized spacial score (nSPS) is 11.3. The van der Waals surface area contributed by atoms with Crippen LogP contribution in [0.5, 0.6) is 0 Å². The molecule has 0 fully saturated rings. The molecule has 1 heterocycles. The number of nitrogens with zero attached hydrogens (tertiary/aromatic N) is 1. The molecule has 0 aliphatic carbocycles. The number of hydrogen-bond acceptors (Lipinski definition) is 4. The maximum absolute atomic E-state index is 11.3. The van der Waals surface area contributed by atoms with E-state index in [-0.39, 0.29) is 5.82 Å². The SMILES string of the molecule is CCNS(=O)(=O)Nc1ncc(N)cc1C. The monoisotopic (exact) mass is 230 g/mol. The predicted octanol–water partition coefficient (Wildman–Crippen LogP) is 0.238. The third kappa shape index (κ3) is 3.37. The molecule has 1 rings (SSSR count). The Hall–Kier alpha value is -1.34. The van der Waals surface area contributed by atoms with Gasteiger partial charge in [-0.05, 0) is 18.6 Å². The van der Waals surface area contributed by atoms with Crippen LogP contribution in [0.4, 0.5) is 11.5 Å². The van der Waals surface area contributed by atoms with Gasteiger partial charge in [-0.15, -0.1) is 0 Å². The maximum Gasteiger partial charge on any atom is 0.300 e. The van der Waals surface area contributed by atoms with Gasteiger partial charge in [-0.3, -0.25) is 4.72 Å². The number of aromatic nitrogens is 1. The quantitative estimate of drug-likeness (QED) is 0.690. The van der Waals surface area contributed by atoms with E-state index in [1.807, 2.05) is 0 Å². The highest BCUT2D eigenvalue weighted by atomic mass is 32.2. The number of rotatable bonds is 4. The Kier molecular flexibility index (Phi) is 3.48. The molecule has 7 heteroatoms. The minimum absolute atomic E-state index is 0.283. The van der Waals surface area contributed by atoms with Crippen molar-refractivity contribution in [3.63, 3.8) is 0 Å². The van der Waals surface area contributed by atoms with E-state index in [2.05, 4.69) is 14.4 Å². The zero-order chi connectivity index (χ0) is 11.5. The van der Waals surface area contributed by atoms with Crippen LogP contribution in [0.2, 0.25) is 0 Å². The molecular weight excluding hydrogens is 216 g/mol. The van der Waals surface area contributed by atoms with Crippen LogP contribution in [0.1, 0.15) is 12.5 Å². The van der Waals surface area contributed by atoms with E-state index < -0.39 is 10.2 Å². The van der Waals surface area contributed by atoms with E-state index >= 15 is 0 Å². The fourth-order valence-electron chi connectivity index (χ4n) is 1.06. The summed E-state index contributed by atoms with van der Waals surface area (Å²) in [6.45, 7) is 3.75. The van der Waals surface area contributed by atoms with Crippen molar-refractivity contribution < 1.29 is 8.42 Å². The molecule has 0 saturated heterocycles. The standard InChI is InChI=1S/C8H14N4O2S/c1-3-11-15(13,14)12-8-6(2)4-7(9)5-10-8/h4-5,11H,3,9H2,1-2H3,(H,10,12). The topological polar surface area (TPSA) is 97.1 Å². The van der Waals surface area contributed by atoms with Gasteiger partial charge in [0.2, 0.25) is 0 Å². The van der Waals surface area contributed by atoms with Crippen molar-refractivity contribution in [1.82, 2.24) is 9.71 Å². The molecule has 1 aromatic rings. The molecule has 84 valence electrons. The third-order valence-corrected chi connectivity index (χ3v) is 2.80. The Morgan fingerprint density at radius 1 is 1.53 bits per heavy atom. The molecule has 0 amide bonds. The van der Waals surface area contributed by atoms with Gasteiger partial charge in [0.05, 0.1) is 11.9 Å². The minimum Gasteiger partial charge on any atom is -0.397 e. The molecular formula is C8H14N4O2S. The first-order valence-corrected chi connectivity index (χ1v) is 5.92. The van der Waals surface area contributed by atoms with E-state index in [9.17, 15) is 8.42 Å². The van der Waals surface area contributed by atoms with E-state index in [0.717, 1.165) is 0 Å². The van der Waals surface area contributed by atoms with Crippen molar-refractivity contribution >= 4 is 21.7 Å². The molecule has 6 nitrogen and oxygen atoms in total. The third-order valence-electron chi connectivity index (χ3n) is 1.66. The number of nitrogens with two attached hydrogens (primary N) is 1. The first-order chi connectivity index (χ1) is 6.94. The molecule has 4 N–H and O–H groups in total. The summed E-state index contributed by atoms with van der Waals surface area (Å²) in [5.41, 5.74) is 6.67. The lowest BCUT2D eigenvalue weighted by atomic mass is 10.3. The summed E-state index contributed by atoms with van der Waals surface area (Å²) >= 11 is 0. The van der Waals surface area contributed by atoms with Gasteiger partial charge >= 0.3 is 0 Å². The van der Waals surface area contributed by atoms with Crippen LogP contribution in [0, 0.1) is 6.92 Å². The number of anilines is 2. The van der Waals surface area contributed by atoms with Crippen LogP contribution in [-0.4, -0.2) is 19.9 Å². The Morgan fingerprint density at radius 3 is 2.73 bits per heavy atom. The molecule has 0 aromatic carbocycles. The van der Waals surface area contributed by atoms with Gasteiger partial charge in [-0.1, -0.05) is 6.92 Å². The number of aryl methyl sites for hydroxylation is 1. The lowest BCUT2D eigenvalue weighted by molar-refractivity contribution is 0.589. The largest absolute Gasteiger partial charge is 0.397 e. The zero-order valence-corrected chi connectivity index (χ0v) is 9.43. The maximum atomic E-state index is 11.3. The molecule has 0 bridgehead atoms. The highest BCUT2D eigenvalue weighted by Gasteiger charge is 2.10. The summed E-state index contributed by atoms with van der Waals surface area (Å²) in [5, 5.41) is 0. The summed E-state index contributed by atoms with van der Waals surface area (Å²) in [6, 6.07) is 1.65. The van der Waals surface area contributed by atoms with Gasteiger partial charge in [-0.25, -0.2) is 4.98 Å². The van der Waals surface area contributed by atoms with Crippen molar-refractivity contribution in [1.29, 1.82) is 0 Å². The Morgan fingerprint density at radius 2 is 2.20 bits per heavy atom. The lowest BCUT2D eigenvalue weighted by Gasteiger charge is -2.09. The van der Waals surface area contributed by atoms with Crippen molar-refractivity contribution in [2.75, 3.05) is 17.0 Å². The summed E-state index contributed by atoms with van der Waals surface area (Å²) in [5.74, 6) is 0.283. The smallest absolute Gasteiger partial charge is 0.300 e. The molecule has 0 aliphatic heterocycles. The first-order valence-electron chi connectivity index (χ1n) is 4.44. The summed E-state index contributed by atoms with van der Waals surface area (Å²) in [6.07, 6.45) is 1.40. The second-order valence-corrected chi connectivity index (χ2v) is 4.54. The second-order valence-electron chi connectivity index (χ2n) is 3.04. The predicted molar refractivity (Wildman–Crippen MR) is 59.6 cm³/mol. The molecule has 0 atom stereocenters. The average Bonchev–Trinajstić information content (AvgIpc) is 2.09. The molecule has 1 aromatic heterocycles. The Bertz CT molecular complexity index is 444. The first kappa shape index (κ1) is 11.7. The number of nitrogens with one attached hydrogen (secondary N) is 2. The molecule has 0 spiro atoms. The average molecular weight is 230 g/mol. The summed E-state index contributed by atoms with van der Waals surface area (Å²) in [4.78, 5) is 3.89. The van der Waals surface area contributed by atoms with Gasteiger partial charge in [0.25, 0.3) is 10.2 Å². The van der Waals surface area contributed by atoms with Gasteiger partial charge in [0.1, 0.15) is 5.82 Å². The number of pyridine rings is 1. The van der Waals surface area contributed by atoms with E-state index in [1.54, 1.807) is 19.9 Å². The van der Waals surface area contributed by atoms with Crippen molar-refractivity contribution in [3.8, 4) is 0 Å². The lowest BCUT2D eigenvalue weighted by Crippen LogP contribution is -2.30. The van der Waals surface area contributed by atoms with Crippen LogP contribution in [-0.2, 0) is 10.2 Å². The van der Waals surface area contributed by atoms with Gasteiger partial charge in [0, 0.05) is 6.54 Å².